The summed E-state index contributed by atoms with van der Waals surface area (Å²) in [4.78, 5) is 8.20. The molecule has 0 spiro atoms. The number of aromatic nitrogens is 2. The Bertz CT molecular complexity index is 353. The summed E-state index contributed by atoms with van der Waals surface area (Å²) < 4.78 is 0.379. The van der Waals surface area contributed by atoms with Gasteiger partial charge in [0.2, 0.25) is 0 Å². The van der Waals surface area contributed by atoms with Crippen molar-refractivity contribution in [1.82, 2.24) is 9.97 Å². The molecule has 1 N–H and O–H groups in total. The zero-order valence-corrected chi connectivity index (χ0v) is 10.9. The fourth-order valence-electron chi connectivity index (χ4n) is 2.15. The van der Waals surface area contributed by atoms with Crippen LogP contribution in [-0.2, 0) is 0 Å². The molecule has 0 radical (unpaired) electrons. The summed E-state index contributed by atoms with van der Waals surface area (Å²) >= 11 is 7.75. The van der Waals surface area contributed by atoms with Gasteiger partial charge in [0.25, 0.3) is 0 Å². The second-order valence-corrected chi connectivity index (χ2v) is 5.84. The second kappa shape index (κ2) is 5.23. The number of anilines is 1. The van der Waals surface area contributed by atoms with Gasteiger partial charge in [0.1, 0.15) is 11.0 Å². The van der Waals surface area contributed by atoms with Crippen molar-refractivity contribution >= 4 is 29.2 Å². The third-order valence-corrected chi connectivity index (χ3v) is 4.75. The molecule has 0 amide bonds. The van der Waals surface area contributed by atoms with Gasteiger partial charge in [-0.15, -0.1) is 0 Å². The number of nitrogens with one attached hydrogen (secondary N) is 1. The van der Waals surface area contributed by atoms with Crippen LogP contribution < -0.4 is 5.32 Å². The van der Waals surface area contributed by atoms with Crippen LogP contribution in [0, 0.1) is 0 Å². The first kappa shape index (κ1) is 12.0. The van der Waals surface area contributed by atoms with E-state index in [9.17, 15) is 0 Å². The molecule has 0 saturated heterocycles. The monoisotopic (exact) mass is 257 g/mol. The molecule has 1 fully saturated rings. The van der Waals surface area contributed by atoms with E-state index in [-0.39, 0.29) is 0 Å². The summed E-state index contributed by atoms with van der Waals surface area (Å²) in [7, 11) is 0. The molecule has 0 unspecified atom stereocenters. The first-order chi connectivity index (χ1) is 7.74. The van der Waals surface area contributed by atoms with E-state index >= 15 is 0 Å². The molecule has 1 saturated carbocycles. The standard InChI is InChI=1S/C11H16ClN3S/c1-16-11(4-2-3-5-11)8-14-10-7-13-6-9(12)15-10/h6-7H,2-5,8H2,1H3,(H,14,15). The number of thioether (sulfide) groups is 1. The van der Waals surface area contributed by atoms with Gasteiger partial charge in [-0.3, -0.25) is 4.98 Å². The lowest BCUT2D eigenvalue weighted by Crippen LogP contribution is -2.30. The molecule has 0 atom stereocenters. The van der Waals surface area contributed by atoms with Crippen molar-refractivity contribution < 1.29 is 0 Å². The molecule has 1 aliphatic carbocycles. The molecule has 3 nitrogen and oxygen atoms in total. The topological polar surface area (TPSA) is 37.8 Å². The Morgan fingerprint density at radius 2 is 2.19 bits per heavy atom. The van der Waals surface area contributed by atoms with E-state index < -0.39 is 0 Å². The fraction of sp³-hybridized carbons (Fsp3) is 0.636. The Hall–Kier alpha value is -0.480. The lowest BCUT2D eigenvalue weighted by Gasteiger charge is -2.27. The summed E-state index contributed by atoms with van der Waals surface area (Å²) in [5, 5.41) is 3.78. The van der Waals surface area contributed by atoms with Crippen LogP contribution in [0.3, 0.4) is 0 Å². The average Bonchev–Trinajstić information content (AvgIpc) is 2.76. The van der Waals surface area contributed by atoms with Gasteiger partial charge >= 0.3 is 0 Å². The zero-order valence-electron chi connectivity index (χ0n) is 9.37. The van der Waals surface area contributed by atoms with Crippen LogP contribution in [0.15, 0.2) is 12.4 Å². The van der Waals surface area contributed by atoms with Crippen molar-refractivity contribution in [2.24, 2.45) is 0 Å². The van der Waals surface area contributed by atoms with Gasteiger partial charge in [-0.1, -0.05) is 24.4 Å². The molecule has 5 heteroatoms. The highest BCUT2D eigenvalue weighted by atomic mass is 35.5. The lowest BCUT2D eigenvalue weighted by atomic mass is 10.1. The molecule has 0 aromatic carbocycles. The average molecular weight is 258 g/mol. The molecule has 1 aromatic heterocycles. The Balaban J connectivity index is 1.95. The Kier molecular flexibility index (Phi) is 3.92. The molecule has 2 rings (SSSR count). The van der Waals surface area contributed by atoms with Crippen molar-refractivity contribution in [2.45, 2.75) is 30.4 Å². The molecular weight excluding hydrogens is 242 g/mol. The normalized spacial score (nSPS) is 18.6. The van der Waals surface area contributed by atoms with Crippen molar-refractivity contribution in [3.8, 4) is 0 Å². The largest absolute Gasteiger partial charge is 0.367 e. The molecule has 1 aromatic rings. The van der Waals surface area contributed by atoms with Gasteiger partial charge in [0.05, 0.1) is 12.4 Å². The highest BCUT2D eigenvalue weighted by molar-refractivity contribution is 8.00. The van der Waals surface area contributed by atoms with Crippen LogP contribution in [-0.4, -0.2) is 27.5 Å². The highest BCUT2D eigenvalue weighted by Crippen LogP contribution is 2.40. The van der Waals surface area contributed by atoms with E-state index in [1.54, 1.807) is 12.4 Å². The summed E-state index contributed by atoms with van der Waals surface area (Å²) in [6.07, 6.45) is 10.7. The molecule has 0 bridgehead atoms. The number of nitrogens with zero attached hydrogens (tertiary/aromatic N) is 2. The van der Waals surface area contributed by atoms with E-state index in [1.165, 1.54) is 25.7 Å². The maximum Gasteiger partial charge on any atom is 0.149 e. The summed E-state index contributed by atoms with van der Waals surface area (Å²) in [6.45, 7) is 0.948. The van der Waals surface area contributed by atoms with Crippen molar-refractivity contribution in [3.05, 3.63) is 17.5 Å². The second-order valence-electron chi connectivity index (χ2n) is 4.17. The van der Waals surface area contributed by atoms with Gasteiger partial charge in [-0.25, -0.2) is 4.98 Å². The van der Waals surface area contributed by atoms with E-state index in [0.717, 1.165) is 12.4 Å². The Morgan fingerprint density at radius 1 is 1.44 bits per heavy atom. The van der Waals surface area contributed by atoms with Crippen LogP contribution >= 0.6 is 23.4 Å². The van der Waals surface area contributed by atoms with Crippen molar-refractivity contribution in [1.29, 1.82) is 0 Å². The van der Waals surface area contributed by atoms with Gasteiger partial charge in [-0.05, 0) is 19.1 Å². The zero-order chi connectivity index (χ0) is 11.4. The van der Waals surface area contributed by atoms with E-state index in [4.69, 9.17) is 11.6 Å². The maximum absolute atomic E-state index is 5.79. The van der Waals surface area contributed by atoms with Crippen LogP contribution in [0.1, 0.15) is 25.7 Å². The molecule has 1 heterocycles. The van der Waals surface area contributed by atoms with E-state index in [0.29, 0.717) is 9.90 Å². The van der Waals surface area contributed by atoms with Crippen LogP contribution in [0.5, 0.6) is 0 Å². The first-order valence-corrected chi connectivity index (χ1v) is 7.11. The fourth-order valence-corrected chi connectivity index (χ4v) is 3.21. The lowest BCUT2D eigenvalue weighted by molar-refractivity contribution is 0.638. The van der Waals surface area contributed by atoms with Crippen LogP contribution in [0.4, 0.5) is 5.82 Å². The predicted octanol–water partition coefficient (Wildman–Crippen LogP) is 3.22. The summed E-state index contributed by atoms with van der Waals surface area (Å²) in [5.74, 6) is 0.771. The Morgan fingerprint density at radius 3 is 2.81 bits per heavy atom. The third kappa shape index (κ3) is 2.80. The minimum Gasteiger partial charge on any atom is -0.367 e. The van der Waals surface area contributed by atoms with Gasteiger partial charge in [-0.2, -0.15) is 11.8 Å². The Labute approximate surface area is 105 Å². The van der Waals surface area contributed by atoms with Gasteiger partial charge in [0.15, 0.2) is 0 Å². The summed E-state index contributed by atoms with van der Waals surface area (Å²) in [5.41, 5.74) is 0. The van der Waals surface area contributed by atoms with Crippen molar-refractivity contribution in [2.75, 3.05) is 18.1 Å². The number of halogens is 1. The molecule has 0 aliphatic heterocycles. The maximum atomic E-state index is 5.79. The molecule has 1 aliphatic rings. The van der Waals surface area contributed by atoms with Crippen molar-refractivity contribution in [3.63, 3.8) is 0 Å². The number of hydrogen-bond donors (Lipinski definition) is 1. The minimum atomic E-state index is 0.379. The predicted molar refractivity (Wildman–Crippen MR) is 70.2 cm³/mol. The highest BCUT2D eigenvalue weighted by Gasteiger charge is 2.32. The van der Waals surface area contributed by atoms with Crippen LogP contribution in [0.25, 0.3) is 0 Å². The summed E-state index contributed by atoms with van der Waals surface area (Å²) in [6, 6.07) is 0. The quantitative estimate of drug-likeness (QED) is 0.899. The number of hydrogen-bond acceptors (Lipinski definition) is 4. The molecule has 88 valence electrons. The number of rotatable bonds is 4. The van der Waals surface area contributed by atoms with E-state index in [1.807, 2.05) is 11.8 Å². The van der Waals surface area contributed by atoms with Gasteiger partial charge in [0, 0.05) is 11.3 Å². The van der Waals surface area contributed by atoms with Gasteiger partial charge < -0.3 is 5.32 Å². The SMILES string of the molecule is CSC1(CNc2cncc(Cl)n2)CCCC1. The van der Waals surface area contributed by atoms with Crippen LogP contribution in [0.2, 0.25) is 5.15 Å². The first-order valence-electron chi connectivity index (χ1n) is 5.51. The molecule has 16 heavy (non-hydrogen) atoms. The molecular formula is C11H16ClN3S. The third-order valence-electron chi connectivity index (χ3n) is 3.14. The van der Waals surface area contributed by atoms with E-state index in [2.05, 4.69) is 21.5 Å². The smallest absolute Gasteiger partial charge is 0.149 e. The minimum absolute atomic E-state index is 0.379.